The van der Waals surface area contributed by atoms with E-state index < -0.39 is 16.9 Å². The van der Waals surface area contributed by atoms with Gasteiger partial charge in [-0.15, -0.1) is 11.3 Å². The molecule has 0 unspecified atom stereocenters. The molecule has 2 heterocycles. The number of carbonyl (C=O) groups excluding carboxylic acids is 2. The van der Waals surface area contributed by atoms with Gasteiger partial charge < -0.3 is 14.8 Å². The fourth-order valence-corrected chi connectivity index (χ4v) is 5.54. The van der Waals surface area contributed by atoms with Crippen LogP contribution in [0.3, 0.4) is 0 Å². The van der Waals surface area contributed by atoms with Crippen molar-refractivity contribution in [1.82, 2.24) is 9.97 Å². The zero-order valence-corrected chi connectivity index (χ0v) is 22.1. The molecule has 2 aromatic carbocycles. The number of fused-ring (bicyclic) bond motifs is 1. The molecule has 0 spiro atoms. The van der Waals surface area contributed by atoms with Crippen molar-refractivity contribution in [1.29, 1.82) is 0 Å². The Bertz CT molecular complexity index is 1540. The lowest BCUT2D eigenvalue weighted by Crippen LogP contribution is -2.09. The van der Waals surface area contributed by atoms with E-state index in [1.165, 1.54) is 43.1 Å². The number of thiophene rings is 1. The van der Waals surface area contributed by atoms with Gasteiger partial charge in [-0.25, -0.2) is 19.2 Å². The van der Waals surface area contributed by atoms with E-state index in [-0.39, 0.29) is 36.2 Å². The molecule has 0 radical (unpaired) electrons. The minimum atomic E-state index is -0.553. The average Bonchev–Trinajstić information content (AvgIpc) is 3.21. The number of carbonyl (C=O) groups is 2. The number of benzene rings is 2. The molecule has 1 N–H and O–H groups in total. The fourth-order valence-electron chi connectivity index (χ4n) is 3.54. The summed E-state index contributed by atoms with van der Waals surface area (Å²) in [5.74, 6) is -1.05. The van der Waals surface area contributed by atoms with Gasteiger partial charge in [0.25, 0.3) is 5.69 Å². The molecule has 0 aliphatic carbocycles. The number of aryl methyl sites for hydroxylation is 1. The van der Waals surface area contributed by atoms with E-state index in [2.05, 4.69) is 15.3 Å². The molecular weight excluding hydrogens is 535 g/mol. The summed E-state index contributed by atoms with van der Waals surface area (Å²) >= 11 is 2.32. The summed E-state index contributed by atoms with van der Waals surface area (Å²) in [6.07, 6.45) is -0.215. The highest BCUT2D eigenvalue weighted by Gasteiger charge is 2.23. The number of nitro benzene ring substituents is 1. The van der Waals surface area contributed by atoms with Crippen LogP contribution >= 0.6 is 23.1 Å². The molecule has 0 aliphatic heterocycles. The Hall–Kier alpha value is -4.10. The summed E-state index contributed by atoms with van der Waals surface area (Å²) in [5, 5.41) is 15.3. The van der Waals surface area contributed by atoms with Crippen LogP contribution in [0.25, 0.3) is 10.2 Å². The number of aromatic nitrogens is 2. The van der Waals surface area contributed by atoms with Crippen LogP contribution in [0.2, 0.25) is 0 Å². The normalized spacial score (nSPS) is 10.8. The maximum Gasteiger partial charge on any atom is 0.348 e. The second-order valence-corrected chi connectivity index (χ2v) is 10.00. The van der Waals surface area contributed by atoms with Crippen LogP contribution in [-0.2, 0) is 20.7 Å². The van der Waals surface area contributed by atoms with Crippen LogP contribution in [-0.4, -0.2) is 40.5 Å². The summed E-state index contributed by atoms with van der Waals surface area (Å²) in [6.45, 7) is 3.62. The molecule has 0 aliphatic rings. The molecule has 38 heavy (non-hydrogen) atoms. The predicted octanol–water partition coefficient (Wildman–Crippen LogP) is 5.83. The van der Waals surface area contributed by atoms with Gasteiger partial charge in [-0.1, -0.05) is 11.8 Å². The lowest BCUT2D eigenvalue weighted by Gasteiger charge is -2.11. The van der Waals surface area contributed by atoms with Crippen LogP contribution in [0.15, 0.2) is 52.3 Å². The number of methoxy groups -OCH3 is 1. The molecule has 0 amide bonds. The van der Waals surface area contributed by atoms with E-state index in [0.29, 0.717) is 36.1 Å². The zero-order valence-electron chi connectivity index (χ0n) is 20.4. The van der Waals surface area contributed by atoms with Gasteiger partial charge >= 0.3 is 11.9 Å². The van der Waals surface area contributed by atoms with E-state index in [1.54, 1.807) is 32.0 Å². The van der Waals surface area contributed by atoms with E-state index in [1.807, 2.05) is 0 Å². The molecule has 2 aromatic heterocycles. The van der Waals surface area contributed by atoms with Crippen molar-refractivity contribution in [2.75, 3.05) is 19.0 Å². The Morgan fingerprint density at radius 1 is 1.16 bits per heavy atom. The molecule has 13 heteroatoms. The Balaban J connectivity index is 1.80. The number of nitro groups is 1. The number of hydrogen-bond donors (Lipinski definition) is 1. The fraction of sp³-hybridized carbons (Fsp3) is 0.200. The standard InChI is InChI=1S/C25H21FN4O6S2/c1-4-36-25(32)22-13(2)21-23(28-19(12-20(31)35-3)29-24(21)38-22)27-15-9-16(30(33)34)11-18(10-15)37-17-7-5-14(26)6-8-17/h5-11H,4,12H2,1-3H3,(H,27,28,29). The maximum absolute atomic E-state index is 13.3. The molecule has 4 aromatic rings. The summed E-state index contributed by atoms with van der Waals surface area (Å²) in [4.78, 5) is 46.5. The summed E-state index contributed by atoms with van der Waals surface area (Å²) < 4.78 is 23.2. The molecule has 196 valence electrons. The van der Waals surface area contributed by atoms with Crippen molar-refractivity contribution in [3.8, 4) is 0 Å². The molecule has 0 saturated carbocycles. The van der Waals surface area contributed by atoms with Crippen molar-refractivity contribution in [3.05, 3.63) is 74.7 Å². The maximum atomic E-state index is 13.3. The first-order chi connectivity index (χ1) is 18.2. The second-order valence-electron chi connectivity index (χ2n) is 7.85. The van der Waals surface area contributed by atoms with Crippen LogP contribution in [0.5, 0.6) is 0 Å². The Morgan fingerprint density at radius 3 is 2.55 bits per heavy atom. The first kappa shape index (κ1) is 26.9. The lowest BCUT2D eigenvalue weighted by atomic mass is 10.2. The van der Waals surface area contributed by atoms with Gasteiger partial charge in [0.2, 0.25) is 0 Å². The number of non-ortho nitro benzene ring substituents is 1. The monoisotopic (exact) mass is 556 g/mol. The number of anilines is 2. The Kier molecular flexibility index (Phi) is 8.17. The summed E-state index contributed by atoms with van der Waals surface area (Å²) in [5.41, 5.74) is 0.743. The van der Waals surface area contributed by atoms with Gasteiger partial charge in [0.15, 0.2) is 0 Å². The third-order valence-electron chi connectivity index (χ3n) is 5.24. The number of halogens is 1. The van der Waals surface area contributed by atoms with Gasteiger partial charge in [0.05, 0.1) is 24.0 Å². The Labute approximate surface area is 224 Å². The molecule has 0 bridgehead atoms. The van der Waals surface area contributed by atoms with E-state index >= 15 is 0 Å². The number of hydrogen-bond acceptors (Lipinski definition) is 11. The third-order valence-corrected chi connectivity index (χ3v) is 7.39. The van der Waals surface area contributed by atoms with Crippen LogP contribution in [0.4, 0.5) is 21.6 Å². The summed E-state index contributed by atoms with van der Waals surface area (Å²) in [6, 6.07) is 10.2. The number of esters is 2. The highest BCUT2D eigenvalue weighted by atomic mass is 32.2. The number of nitrogens with zero attached hydrogens (tertiary/aromatic N) is 3. The molecule has 0 atom stereocenters. The molecule has 0 saturated heterocycles. The quantitative estimate of drug-likeness (QED) is 0.152. The van der Waals surface area contributed by atoms with Gasteiger partial charge in [-0.05, 0) is 49.7 Å². The summed E-state index contributed by atoms with van der Waals surface area (Å²) in [7, 11) is 1.25. The number of nitrogens with one attached hydrogen (secondary N) is 1. The van der Waals surface area contributed by atoms with Gasteiger partial charge in [0.1, 0.15) is 33.6 Å². The first-order valence-electron chi connectivity index (χ1n) is 11.2. The van der Waals surface area contributed by atoms with Crippen molar-refractivity contribution < 1.29 is 28.4 Å². The van der Waals surface area contributed by atoms with Crippen molar-refractivity contribution in [2.45, 2.75) is 30.1 Å². The topological polar surface area (TPSA) is 134 Å². The second kappa shape index (κ2) is 11.5. The number of rotatable bonds is 9. The minimum Gasteiger partial charge on any atom is -0.469 e. The molecule has 4 rings (SSSR count). The molecule has 0 fully saturated rings. The number of ether oxygens (including phenoxy) is 2. The van der Waals surface area contributed by atoms with Gasteiger partial charge in [-0.3, -0.25) is 14.9 Å². The molecule has 10 nitrogen and oxygen atoms in total. The smallest absolute Gasteiger partial charge is 0.348 e. The van der Waals surface area contributed by atoms with Crippen molar-refractivity contribution in [3.63, 3.8) is 0 Å². The van der Waals surface area contributed by atoms with Gasteiger partial charge in [-0.2, -0.15) is 0 Å². The van der Waals surface area contributed by atoms with Crippen molar-refractivity contribution >= 4 is 62.4 Å². The van der Waals surface area contributed by atoms with E-state index in [4.69, 9.17) is 9.47 Å². The third kappa shape index (κ3) is 6.06. The Morgan fingerprint density at radius 2 is 1.89 bits per heavy atom. The zero-order chi connectivity index (χ0) is 27.4. The van der Waals surface area contributed by atoms with Crippen LogP contribution in [0, 0.1) is 22.9 Å². The highest BCUT2D eigenvalue weighted by molar-refractivity contribution is 7.99. The van der Waals surface area contributed by atoms with Gasteiger partial charge in [0, 0.05) is 27.6 Å². The largest absolute Gasteiger partial charge is 0.469 e. The van der Waals surface area contributed by atoms with Crippen LogP contribution < -0.4 is 5.32 Å². The first-order valence-corrected chi connectivity index (χ1v) is 12.9. The highest BCUT2D eigenvalue weighted by Crippen LogP contribution is 2.38. The molecular formula is C25H21FN4O6S2. The predicted molar refractivity (Wildman–Crippen MR) is 141 cm³/mol. The SMILES string of the molecule is CCOC(=O)c1sc2nc(CC(=O)OC)nc(Nc3cc(Sc4ccc(F)cc4)cc([N+](=O)[O-])c3)c2c1C. The average molecular weight is 557 g/mol. The van der Waals surface area contributed by atoms with E-state index in [9.17, 15) is 24.1 Å². The van der Waals surface area contributed by atoms with Crippen molar-refractivity contribution in [2.24, 2.45) is 0 Å². The lowest BCUT2D eigenvalue weighted by molar-refractivity contribution is -0.385. The minimum absolute atomic E-state index is 0.148. The van der Waals surface area contributed by atoms with Crippen LogP contribution in [0.1, 0.15) is 28.0 Å². The van der Waals surface area contributed by atoms with E-state index in [0.717, 1.165) is 11.3 Å².